The molecular weight excluding hydrogens is 298 g/mol. The predicted molar refractivity (Wildman–Crippen MR) is 82.7 cm³/mol. The highest BCUT2D eigenvalue weighted by Crippen LogP contribution is 2.30. The molecule has 3 fully saturated rings. The average Bonchev–Trinajstić information content (AvgIpc) is 2.72. The third kappa shape index (κ3) is 3.06. The Hall–Kier alpha value is -1.63. The summed E-state index contributed by atoms with van der Waals surface area (Å²) < 4.78 is 4.91. The molecule has 128 valence electrons. The first-order chi connectivity index (χ1) is 11.1. The molecule has 0 aromatic heterocycles. The van der Waals surface area contributed by atoms with Gasteiger partial charge in [-0.2, -0.15) is 0 Å². The van der Waals surface area contributed by atoms with Crippen molar-refractivity contribution < 1.29 is 19.1 Å². The van der Waals surface area contributed by atoms with Crippen molar-refractivity contribution in [1.29, 1.82) is 0 Å². The minimum Gasteiger partial charge on any atom is -0.375 e. The van der Waals surface area contributed by atoms with Gasteiger partial charge in [0.05, 0.1) is 6.54 Å². The molecule has 0 aromatic carbocycles. The number of hydrogen-bond acceptors (Lipinski definition) is 4. The van der Waals surface area contributed by atoms with Gasteiger partial charge in [0.1, 0.15) is 12.6 Å². The van der Waals surface area contributed by atoms with Gasteiger partial charge in [-0.05, 0) is 19.3 Å². The SMILES string of the molecule is COCC(=O)N1CCCN2C(=O)N(C3CCCCC3)C(=O)C2C1. The van der Waals surface area contributed by atoms with E-state index in [1.165, 1.54) is 18.4 Å². The van der Waals surface area contributed by atoms with Crippen molar-refractivity contribution in [3.63, 3.8) is 0 Å². The van der Waals surface area contributed by atoms with Gasteiger partial charge < -0.3 is 14.5 Å². The minimum atomic E-state index is -0.521. The van der Waals surface area contributed by atoms with Crippen molar-refractivity contribution in [2.75, 3.05) is 33.4 Å². The second-order valence-electron chi connectivity index (χ2n) is 6.62. The van der Waals surface area contributed by atoms with Crippen molar-refractivity contribution >= 4 is 17.8 Å². The van der Waals surface area contributed by atoms with Gasteiger partial charge in [0.25, 0.3) is 5.91 Å². The molecule has 0 radical (unpaired) electrons. The van der Waals surface area contributed by atoms with Crippen molar-refractivity contribution in [1.82, 2.24) is 14.7 Å². The van der Waals surface area contributed by atoms with E-state index in [1.807, 2.05) is 0 Å². The van der Waals surface area contributed by atoms with Crippen LogP contribution in [0.4, 0.5) is 4.79 Å². The molecule has 1 aliphatic carbocycles. The van der Waals surface area contributed by atoms with Crippen LogP contribution in [0.15, 0.2) is 0 Å². The summed E-state index contributed by atoms with van der Waals surface area (Å²) in [7, 11) is 1.48. The van der Waals surface area contributed by atoms with Crippen LogP contribution in [0.1, 0.15) is 38.5 Å². The summed E-state index contributed by atoms with van der Waals surface area (Å²) in [5.41, 5.74) is 0. The van der Waals surface area contributed by atoms with Crippen LogP contribution in [0.2, 0.25) is 0 Å². The lowest BCUT2D eigenvalue weighted by Crippen LogP contribution is -2.45. The van der Waals surface area contributed by atoms with Crippen LogP contribution in [-0.2, 0) is 14.3 Å². The minimum absolute atomic E-state index is 0.0151. The van der Waals surface area contributed by atoms with Crippen molar-refractivity contribution in [2.24, 2.45) is 0 Å². The van der Waals surface area contributed by atoms with E-state index in [0.29, 0.717) is 19.5 Å². The van der Waals surface area contributed by atoms with E-state index in [0.717, 1.165) is 25.7 Å². The number of carbonyl (C=O) groups is 3. The number of fused-ring (bicyclic) bond motifs is 1. The van der Waals surface area contributed by atoms with Gasteiger partial charge in [0.15, 0.2) is 0 Å². The first-order valence-electron chi connectivity index (χ1n) is 8.54. The van der Waals surface area contributed by atoms with Crippen LogP contribution < -0.4 is 0 Å². The Morgan fingerprint density at radius 3 is 2.57 bits per heavy atom. The number of amides is 4. The largest absolute Gasteiger partial charge is 0.375 e. The zero-order valence-corrected chi connectivity index (χ0v) is 13.7. The van der Waals surface area contributed by atoms with Gasteiger partial charge in [0, 0.05) is 26.2 Å². The zero-order valence-electron chi connectivity index (χ0n) is 13.7. The van der Waals surface area contributed by atoms with E-state index in [4.69, 9.17) is 4.74 Å². The maximum atomic E-state index is 12.8. The zero-order chi connectivity index (χ0) is 16.4. The summed E-state index contributed by atoms with van der Waals surface area (Å²) in [5, 5.41) is 0. The summed E-state index contributed by atoms with van der Waals surface area (Å²) in [6, 6.07) is -0.639. The van der Waals surface area contributed by atoms with E-state index in [-0.39, 0.29) is 37.0 Å². The third-order valence-corrected chi connectivity index (χ3v) is 5.13. The fraction of sp³-hybridized carbons (Fsp3) is 0.812. The highest BCUT2D eigenvalue weighted by Gasteiger charge is 2.49. The Labute approximate surface area is 136 Å². The van der Waals surface area contributed by atoms with Crippen LogP contribution in [0.3, 0.4) is 0 Å². The van der Waals surface area contributed by atoms with Gasteiger partial charge in [-0.1, -0.05) is 19.3 Å². The number of urea groups is 1. The number of methoxy groups -OCH3 is 1. The van der Waals surface area contributed by atoms with Gasteiger partial charge in [-0.3, -0.25) is 14.5 Å². The standard InChI is InChI=1S/C16H25N3O4/c1-23-11-14(20)17-8-5-9-18-13(10-17)15(21)19(16(18)22)12-6-3-2-4-7-12/h12-13H,2-11H2,1H3. The normalized spacial score (nSPS) is 26.5. The Bertz CT molecular complexity index is 490. The summed E-state index contributed by atoms with van der Waals surface area (Å²) in [4.78, 5) is 42.4. The summed E-state index contributed by atoms with van der Waals surface area (Å²) in [5.74, 6) is -0.246. The molecule has 0 spiro atoms. The van der Waals surface area contributed by atoms with E-state index >= 15 is 0 Å². The molecule has 1 atom stereocenters. The van der Waals surface area contributed by atoms with Gasteiger partial charge in [0.2, 0.25) is 5.91 Å². The summed E-state index contributed by atoms with van der Waals surface area (Å²) in [6.45, 7) is 1.41. The predicted octanol–water partition coefficient (Wildman–Crippen LogP) is 0.831. The number of hydrogen-bond donors (Lipinski definition) is 0. The molecule has 0 aromatic rings. The molecule has 2 saturated heterocycles. The summed E-state index contributed by atoms with van der Waals surface area (Å²) in [6.07, 6.45) is 5.84. The van der Waals surface area contributed by atoms with Crippen LogP contribution in [-0.4, -0.2) is 78.0 Å². The Kier molecular flexibility index (Phi) is 4.84. The first kappa shape index (κ1) is 16.2. The number of ether oxygens (including phenoxy) is 1. The van der Waals surface area contributed by atoms with E-state index < -0.39 is 6.04 Å². The molecule has 2 aliphatic heterocycles. The van der Waals surface area contributed by atoms with E-state index in [2.05, 4.69) is 0 Å². The molecule has 2 heterocycles. The fourth-order valence-corrected chi connectivity index (χ4v) is 3.94. The van der Waals surface area contributed by atoms with Crippen molar-refractivity contribution in [2.45, 2.75) is 50.6 Å². The van der Waals surface area contributed by atoms with Gasteiger partial charge >= 0.3 is 6.03 Å². The van der Waals surface area contributed by atoms with Crippen LogP contribution in [0.25, 0.3) is 0 Å². The van der Waals surface area contributed by atoms with Gasteiger partial charge in [-0.25, -0.2) is 4.79 Å². The van der Waals surface area contributed by atoms with Crippen LogP contribution in [0.5, 0.6) is 0 Å². The van der Waals surface area contributed by atoms with Crippen molar-refractivity contribution in [3.8, 4) is 0 Å². The van der Waals surface area contributed by atoms with Gasteiger partial charge in [-0.15, -0.1) is 0 Å². The van der Waals surface area contributed by atoms with Crippen molar-refractivity contribution in [3.05, 3.63) is 0 Å². The Morgan fingerprint density at radius 2 is 1.87 bits per heavy atom. The first-order valence-corrected chi connectivity index (χ1v) is 8.54. The second kappa shape index (κ2) is 6.86. The second-order valence-corrected chi connectivity index (χ2v) is 6.62. The third-order valence-electron chi connectivity index (χ3n) is 5.13. The molecule has 7 heteroatoms. The lowest BCUT2D eigenvalue weighted by molar-refractivity contribution is -0.136. The number of imide groups is 1. The lowest BCUT2D eigenvalue weighted by atomic mass is 9.94. The average molecular weight is 323 g/mol. The highest BCUT2D eigenvalue weighted by atomic mass is 16.5. The molecular formula is C16H25N3O4. The quantitative estimate of drug-likeness (QED) is 0.721. The Balaban J connectivity index is 1.75. The molecule has 3 rings (SSSR count). The maximum Gasteiger partial charge on any atom is 0.327 e. The van der Waals surface area contributed by atoms with Crippen LogP contribution in [0, 0.1) is 0 Å². The Morgan fingerprint density at radius 1 is 1.13 bits per heavy atom. The smallest absolute Gasteiger partial charge is 0.327 e. The lowest BCUT2D eigenvalue weighted by Gasteiger charge is -2.29. The number of carbonyl (C=O) groups excluding carboxylic acids is 3. The fourth-order valence-electron chi connectivity index (χ4n) is 3.94. The topological polar surface area (TPSA) is 70.2 Å². The molecule has 0 bridgehead atoms. The molecule has 3 aliphatic rings. The number of rotatable bonds is 3. The van der Waals surface area contributed by atoms with Crippen LogP contribution >= 0.6 is 0 Å². The molecule has 0 N–H and O–H groups in total. The summed E-state index contributed by atoms with van der Waals surface area (Å²) >= 11 is 0. The highest BCUT2D eigenvalue weighted by molar-refractivity contribution is 6.05. The molecule has 1 saturated carbocycles. The monoisotopic (exact) mass is 323 g/mol. The van der Waals surface area contributed by atoms with E-state index in [9.17, 15) is 14.4 Å². The molecule has 23 heavy (non-hydrogen) atoms. The number of nitrogens with zero attached hydrogens (tertiary/aromatic N) is 3. The maximum absolute atomic E-state index is 12.8. The van der Waals surface area contributed by atoms with E-state index in [1.54, 1.807) is 9.80 Å². The molecule has 1 unspecified atom stereocenters. The molecule has 7 nitrogen and oxygen atoms in total. The molecule has 4 amide bonds.